The number of aliphatic hydroxyl groups is 2. The maximum absolute atomic E-state index is 11.6. The first-order valence-electron chi connectivity index (χ1n) is 13.6. The molecule has 35 heavy (non-hydrogen) atoms. The summed E-state index contributed by atoms with van der Waals surface area (Å²) in [6.45, 7) is 15.0. The van der Waals surface area contributed by atoms with Gasteiger partial charge in [0.15, 0.2) is 0 Å². The predicted octanol–water partition coefficient (Wildman–Crippen LogP) is 6.48. The first kappa shape index (κ1) is 24.9. The SMILES string of the molecule is CC(C)c1nc2c(c3c1C(c1ccc(C4(C)COC4)cc1)C(C)CCCC3O)C(O)CC(C)(C)C2. The molecule has 4 nitrogen and oxygen atoms in total. The van der Waals surface area contributed by atoms with Crippen LogP contribution in [0, 0.1) is 11.3 Å². The highest BCUT2D eigenvalue weighted by Gasteiger charge is 2.41. The Hall–Kier alpha value is -1.75. The van der Waals surface area contributed by atoms with E-state index < -0.39 is 12.2 Å². The molecule has 190 valence electrons. The van der Waals surface area contributed by atoms with Crippen molar-refractivity contribution in [2.75, 3.05) is 13.2 Å². The van der Waals surface area contributed by atoms with Crippen LogP contribution < -0.4 is 0 Å². The van der Waals surface area contributed by atoms with Crippen LogP contribution in [0.25, 0.3) is 0 Å². The second-order valence-electron chi connectivity index (χ2n) is 13.0. The molecule has 3 aliphatic rings. The van der Waals surface area contributed by atoms with Gasteiger partial charge < -0.3 is 14.9 Å². The fourth-order valence-corrected chi connectivity index (χ4v) is 6.88. The molecule has 2 heterocycles. The van der Waals surface area contributed by atoms with Gasteiger partial charge in [0.2, 0.25) is 0 Å². The van der Waals surface area contributed by atoms with Crippen molar-refractivity contribution in [3.8, 4) is 0 Å². The number of nitrogens with zero attached hydrogens (tertiary/aromatic N) is 1. The third-order valence-electron chi connectivity index (χ3n) is 8.85. The minimum absolute atomic E-state index is 0.00164. The molecular formula is C31H43NO3. The van der Waals surface area contributed by atoms with Gasteiger partial charge in [0.05, 0.1) is 25.4 Å². The lowest BCUT2D eigenvalue weighted by Crippen LogP contribution is -2.43. The molecule has 0 amide bonds. The molecule has 0 radical (unpaired) electrons. The summed E-state index contributed by atoms with van der Waals surface area (Å²) < 4.78 is 5.50. The average molecular weight is 478 g/mol. The summed E-state index contributed by atoms with van der Waals surface area (Å²) in [7, 11) is 0. The van der Waals surface area contributed by atoms with E-state index in [0.717, 1.165) is 61.4 Å². The standard InChI is InChI=1S/C31H43NO3/c1-18(2)29-28-25(20-10-12-21(13-11-20)31(6)16-35-17-31)19(3)8-7-9-23(33)27(28)26-22(32-29)14-30(4,5)15-24(26)34/h10-13,18-19,23-25,33-34H,7-9,14-17H2,1-6H3. The summed E-state index contributed by atoms with van der Waals surface area (Å²) in [4.78, 5) is 5.28. The molecule has 2 aliphatic carbocycles. The molecule has 0 saturated carbocycles. The monoisotopic (exact) mass is 477 g/mol. The predicted molar refractivity (Wildman–Crippen MR) is 140 cm³/mol. The number of pyridine rings is 1. The van der Waals surface area contributed by atoms with Crippen LogP contribution in [0.2, 0.25) is 0 Å². The number of benzene rings is 1. The third kappa shape index (κ3) is 4.36. The number of hydrogen-bond donors (Lipinski definition) is 2. The third-order valence-corrected chi connectivity index (χ3v) is 8.85. The van der Waals surface area contributed by atoms with Crippen LogP contribution in [-0.2, 0) is 16.6 Å². The molecule has 5 rings (SSSR count). The maximum atomic E-state index is 11.6. The van der Waals surface area contributed by atoms with E-state index >= 15 is 0 Å². The lowest BCUT2D eigenvalue weighted by Gasteiger charge is -2.41. The van der Waals surface area contributed by atoms with E-state index in [1.165, 1.54) is 16.7 Å². The zero-order chi connectivity index (χ0) is 25.1. The van der Waals surface area contributed by atoms with Crippen molar-refractivity contribution in [3.05, 3.63) is 63.5 Å². The van der Waals surface area contributed by atoms with Crippen LogP contribution >= 0.6 is 0 Å². The molecule has 4 atom stereocenters. The van der Waals surface area contributed by atoms with Gasteiger partial charge in [0.25, 0.3) is 0 Å². The van der Waals surface area contributed by atoms with Crippen molar-refractivity contribution in [2.24, 2.45) is 11.3 Å². The molecule has 1 aliphatic heterocycles. The second-order valence-corrected chi connectivity index (χ2v) is 13.0. The summed E-state index contributed by atoms with van der Waals surface area (Å²) in [5.41, 5.74) is 7.92. The first-order chi connectivity index (χ1) is 16.5. The van der Waals surface area contributed by atoms with Gasteiger partial charge >= 0.3 is 0 Å². The van der Waals surface area contributed by atoms with Crippen LogP contribution in [0.15, 0.2) is 24.3 Å². The number of ether oxygens (including phenoxy) is 1. The number of aliphatic hydroxyl groups excluding tert-OH is 2. The molecule has 1 saturated heterocycles. The Morgan fingerprint density at radius 3 is 2.23 bits per heavy atom. The Kier molecular flexibility index (Phi) is 6.39. The van der Waals surface area contributed by atoms with Gasteiger partial charge in [-0.1, -0.05) is 72.2 Å². The van der Waals surface area contributed by atoms with Crippen LogP contribution in [0.4, 0.5) is 0 Å². The van der Waals surface area contributed by atoms with E-state index in [-0.39, 0.29) is 22.7 Å². The number of fused-ring (bicyclic) bond motifs is 3. The van der Waals surface area contributed by atoms with E-state index in [9.17, 15) is 10.2 Å². The van der Waals surface area contributed by atoms with E-state index in [2.05, 4.69) is 65.8 Å². The van der Waals surface area contributed by atoms with Crippen molar-refractivity contribution in [2.45, 2.75) is 103 Å². The zero-order valence-electron chi connectivity index (χ0n) is 22.4. The number of hydrogen-bond acceptors (Lipinski definition) is 4. The molecule has 4 heteroatoms. The second kappa shape index (κ2) is 8.97. The number of aromatic nitrogens is 1. The first-order valence-corrected chi connectivity index (χ1v) is 13.6. The summed E-state index contributed by atoms with van der Waals surface area (Å²) >= 11 is 0. The molecule has 1 aromatic heterocycles. The molecular weight excluding hydrogens is 434 g/mol. The van der Waals surface area contributed by atoms with Crippen molar-refractivity contribution >= 4 is 0 Å². The van der Waals surface area contributed by atoms with Crippen molar-refractivity contribution in [3.63, 3.8) is 0 Å². The van der Waals surface area contributed by atoms with Crippen LogP contribution in [-0.4, -0.2) is 28.4 Å². The molecule has 0 bridgehead atoms. The van der Waals surface area contributed by atoms with E-state index in [1.807, 2.05) is 0 Å². The molecule has 4 unspecified atom stereocenters. The fraction of sp³-hybridized carbons (Fsp3) is 0.645. The Balaban J connectivity index is 1.72. The van der Waals surface area contributed by atoms with Crippen molar-refractivity contribution < 1.29 is 14.9 Å². The normalized spacial score (nSPS) is 29.5. The highest BCUT2D eigenvalue weighted by Crippen LogP contribution is 2.51. The molecule has 0 spiro atoms. The quantitative estimate of drug-likeness (QED) is 0.531. The van der Waals surface area contributed by atoms with Gasteiger partial charge in [-0.3, -0.25) is 4.98 Å². The van der Waals surface area contributed by atoms with Crippen LogP contribution in [0.5, 0.6) is 0 Å². The Morgan fingerprint density at radius 2 is 1.63 bits per heavy atom. The van der Waals surface area contributed by atoms with Crippen LogP contribution in [0.1, 0.15) is 130 Å². The van der Waals surface area contributed by atoms with Gasteiger partial charge in [0, 0.05) is 28.3 Å². The summed E-state index contributed by atoms with van der Waals surface area (Å²) in [6.07, 6.45) is 3.20. The van der Waals surface area contributed by atoms with Gasteiger partial charge in [-0.25, -0.2) is 0 Å². The van der Waals surface area contributed by atoms with Crippen molar-refractivity contribution in [1.29, 1.82) is 0 Å². The molecule has 1 fully saturated rings. The largest absolute Gasteiger partial charge is 0.388 e. The highest BCUT2D eigenvalue weighted by molar-refractivity contribution is 5.51. The molecule has 2 aromatic rings. The fourth-order valence-electron chi connectivity index (χ4n) is 6.88. The lowest BCUT2D eigenvalue weighted by atomic mass is 9.67. The smallest absolute Gasteiger partial charge is 0.0816 e. The Labute approximate surface area is 211 Å². The highest BCUT2D eigenvalue weighted by atomic mass is 16.5. The molecule has 2 N–H and O–H groups in total. The van der Waals surface area contributed by atoms with Gasteiger partial charge in [-0.2, -0.15) is 0 Å². The van der Waals surface area contributed by atoms with Crippen LogP contribution in [0.3, 0.4) is 0 Å². The van der Waals surface area contributed by atoms with Gasteiger partial charge in [0.1, 0.15) is 0 Å². The minimum Gasteiger partial charge on any atom is -0.388 e. The summed E-state index contributed by atoms with van der Waals surface area (Å²) in [5.74, 6) is 0.809. The Morgan fingerprint density at radius 1 is 0.943 bits per heavy atom. The lowest BCUT2D eigenvalue weighted by molar-refractivity contribution is -0.0500. The average Bonchev–Trinajstić information content (AvgIpc) is 2.76. The topological polar surface area (TPSA) is 62.6 Å². The molecule has 1 aromatic carbocycles. The Bertz CT molecular complexity index is 1080. The van der Waals surface area contributed by atoms with Crippen molar-refractivity contribution in [1.82, 2.24) is 4.98 Å². The van der Waals surface area contributed by atoms with Gasteiger partial charge in [-0.05, 0) is 65.2 Å². The summed E-state index contributed by atoms with van der Waals surface area (Å²) in [5, 5.41) is 22.9. The maximum Gasteiger partial charge on any atom is 0.0816 e. The van der Waals surface area contributed by atoms with Gasteiger partial charge in [-0.15, -0.1) is 0 Å². The minimum atomic E-state index is -0.581. The summed E-state index contributed by atoms with van der Waals surface area (Å²) in [6, 6.07) is 9.14. The zero-order valence-corrected chi connectivity index (χ0v) is 22.4. The number of rotatable bonds is 3. The van der Waals surface area contributed by atoms with E-state index in [4.69, 9.17) is 9.72 Å². The van der Waals surface area contributed by atoms with E-state index in [0.29, 0.717) is 12.3 Å². The van der Waals surface area contributed by atoms with E-state index in [1.54, 1.807) is 0 Å².